The van der Waals surface area contributed by atoms with Gasteiger partial charge in [0.05, 0.1) is 0 Å². The van der Waals surface area contributed by atoms with Gasteiger partial charge >= 0.3 is 0 Å². The smallest absolute Gasteiger partial charge is 0.164 e. The van der Waals surface area contributed by atoms with Gasteiger partial charge in [-0.2, -0.15) is 0 Å². The van der Waals surface area contributed by atoms with Gasteiger partial charge in [0.15, 0.2) is 17.5 Å². The van der Waals surface area contributed by atoms with Gasteiger partial charge in [-0.05, 0) is 96.7 Å². The van der Waals surface area contributed by atoms with Crippen molar-refractivity contribution in [1.29, 1.82) is 0 Å². The molecule has 11 rings (SSSR count). The van der Waals surface area contributed by atoms with Crippen molar-refractivity contribution in [1.82, 2.24) is 15.0 Å². The van der Waals surface area contributed by atoms with Gasteiger partial charge in [0.1, 0.15) is 11.2 Å². The highest BCUT2D eigenvalue weighted by atomic mass is 16.3. The molecule has 0 saturated carbocycles. The number of benzene rings is 9. The second-order valence-electron chi connectivity index (χ2n) is 13.6. The number of aromatic nitrogens is 3. The maximum Gasteiger partial charge on any atom is 0.164 e. The summed E-state index contributed by atoms with van der Waals surface area (Å²) in [4.78, 5) is 15.6. The molecule has 53 heavy (non-hydrogen) atoms. The van der Waals surface area contributed by atoms with Crippen molar-refractivity contribution in [2.75, 3.05) is 0 Å². The summed E-state index contributed by atoms with van der Waals surface area (Å²) in [6.07, 6.45) is 0. The Hall–Kier alpha value is -7.17. The topological polar surface area (TPSA) is 51.8 Å². The lowest BCUT2D eigenvalue weighted by atomic mass is 9.95. The van der Waals surface area contributed by atoms with Crippen molar-refractivity contribution < 1.29 is 4.42 Å². The van der Waals surface area contributed by atoms with Crippen LogP contribution < -0.4 is 0 Å². The average molecular weight is 676 g/mol. The zero-order chi connectivity index (χ0) is 34.9. The summed E-state index contributed by atoms with van der Waals surface area (Å²) in [5.41, 5.74) is 6.85. The van der Waals surface area contributed by atoms with Crippen LogP contribution in [-0.4, -0.2) is 15.0 Å². The number of para-hydroxylation sites is 1. The van der Waals surface area contributed by atoms with Crippen molar-refractivity contribution in [3.8, 4) is 45.3 Å². The molecule has 0 aliphatic rings. The Morgan fingerprint density at radius 2 is 0.849 bits per heavy atom. The van der Waals surface area contributed by atoms with Crippen LogP contribution in [0.2, 0.25) is 0 Å². The predicted molar refractivity (Wildman–Crippen MR) is 219 cm³/mol. The van der Waals surface area contributed by atoms with E-state index >= 15 is 0 Å². The fourth-order valence-corrected chi connectivity index (χ4v) is 7.82. The van der Waals surface area contributed by atoms with Crippen LogP contribution >= 0.6 is 0 Å². The van der Waals surface area contributed by atoms with Gasteiger partial charge in [-0.15, -0.1) is 0 Å². The Labute approximate surface area is 304 Å². The van der Waals surface area contributed by atoms with Gasteiger partial charge in [0, 0.05) is 27.5 Å². The first-order valence-corrected chi connectivity index (χ1v) is 17.8. The average Bonchev–Trinajstić information content (AvgIpc) is 3.59. The largest absolute Gasteiger partial charge is 0.456 e. The van der Waals surface area contributed by atoms with E-state index in [1.165, 1.54) is 21.5 Å². The second kappa shape index (κ2) is 11.7. The maximum absolute atomic E-state index is 6.20. The molecule has 0 N–H and O–H groups in total. The summed E-state index contributed by atoms with van der Waals surface area (Å²) in [5.74, 6) is 1.88. The molecule has 0 aliphatic carbocycles. The molecule has 0 amide bonds. The lowest BCUT2D eigenvalue weighted by Gasteiger charge is -2.13. The number of furan rings is 1. The summed E-state index contributed by atoms with van der Waals surface area (Å²) in [6, 6.07) is 61.8. The first-order valence-electron chi connectivity index (χ1n) is 17.8. The van der Waals surface area contributed by atoms with E-state index in [9.17, 15) is 0 Å². The predicted octanol–water partition coefficient (Wildman–Crippen LogP) is 13.1. The number of hydrogen-bond acceptors (Lipinski definition) is 4. The Bertz CT molecular complexity index is 3240. The van der Waals surface area contributed by atoms with Crippen LogP contribution in [0.1, 0.15) is 0 Å². The lowest BCUT2D eigenvalue weighted by molar-refractivity contribution is 0.669. The molecule has 0 spiro atoms. The third-order valence-corrected chi connectivity index (χ3v) is 10.4. The third kappa shape index (κ3) is 4.95. The fourth-order valence-electron chi connectivity index (χ4n) is 7.82. The highest BCUT2D eigenvalue weighted by molar-refractivity contribution is 6.11. The van der Waals surface area contributed by atoms with E-state index in [2.05, 4.69) is 164 Å². The Balaban J connectivity index is 1.13. The summed E-state index contributed by atoms with van der Waals surface area (Å²) >= 11 is 0. The Morgan fingerprint density at radius 3 is 1.68 bits per heavy atom. The molecule has 0 radical (unpaired) electrons. The maximum atomic E-state index is 6.20. The van der Waals surface area contributed by atoms with Crippen LogP contribution in [0.25, 0.3) is 110 Å². The van der Waals surface area contributed by atoms with E-state index in [0.717, 1.165) is 71.3 Å². The van der Waals surface area contributed by atoms with Gasteiger partial charge in [-0.25, -0.2) is 15.0 Å². The Kier molecular flexibility index (Phi) is 6.52. The van der Waals surface area contributed by atoms with Crippen LogP contribution in [-0.2, 0) is 0 Å². The van der Waals surface area contributed by atoms with Gasteiger partial charge in [0.25, 0.3) is 0 Å². The van der Waals surface area contributed by atoms with E-state index in [0.29, 0.717) is 17.5 Å². The molecule has 0 fully saturated rings. The van der Waals surface area contributed by atoms with Gasteiger partial charge in [-0.3, -0.25) is 0 Å². The molecule has 246 valence electrons. The summed E-state index contributed by atoms with van der Waals surface area (Å²) in [7, 11) is 0. The molecule has 2 aromatic heterocycles. The van der Waals surface area contributed by atoms with Crippen LogP contribution in [0.15, 0.2) is 180 Å². The molecule has 11 aromatic rings. The van der Waals surface area contributed by atoms with Crippen molar-refractivity contribution in [2.45, 2.75) is 0 Å². The van der Waals surface area contributed by atoms with E-state index in [4.69, 9.17) is 19.4 Å². The second-order valence-corrected chi connectivity index (χ2v) is 13.6. The van der Waals surface area contributed by atoms with Crippen LogP contribution in [0.3, 0.4) is 0 Å². The molecule has 0 atom stereocenters. The number of hydrogen-bond donors (Lipinski definition) is 0. The van der Waals surface area contributed by atoms with Crippen LogP contribution in [0, 0.1) is 0 Å². The number of nitrogens with zero attached hydrogens (tertiary/aromatic N) is 3. The number of fused-ring (bicyclic) bond motifs is 8. The van der Waals surface area contributed by atoms with E-state index < -0.39 is 0 Å². The van der Waals surface area contributed by atoms with Crippen molar-refractivity contribution in [3.63, 3.8) is 0 Å². The van der Waals surface area contributed by atoms with E-state index in [1.54, 1.807) is 0 Å². The summed E-state index contributed by atoms with van der Waals surface area (Å²) in [6.45, 7) is 0. The molecule has 4 heteroatoms. The van der Waals surface area contributed by atoms with E-state index in [1.807, 2.05) is 12.1 Å². The normalized spacial score (nSPS) is 11.8. The molecule has 0 saturated heterocycles. The van der Waals surface area contributed by atoms with Crippen molar-refractivity contribution in [3.05, 3.63) is 176 Å². The molecular formula is C49H29N3O. The zero-order valence-electron chi connectivity index (χ0n) is 28.5. The molecule has 0 bridgehead atoms. The monoisotopic (exact) mass is 675 g/mol. The minimum absolute atomic E-state index is 0.622. The minimum atomic E-state index is 0.622. The number of rotatable bonds is 4. The van der Waals surface area contributed by atoms with E-state index in [-0.39, 0.29) is 0 Å². The summed E-state index contributed by atoms with van der Waals surface area (Å²) < 4.78 is 6.20. The minimum Gasteiger partial charge on any atom is -0.456 e. The highest BCUT2D eigenvalue weighted by Crippen LogP contribution is 2.37. The van der Waals surface area contributed by atoms with Gasteiger partial charge in [0.2, 0.25) is 0 Å². The Morgan fingerprint density at radius 1 is 0.283 bits per heavy atom. The van der Waals surface area contributed by atoms with Crippen molar-refractivity contribution in [2.24, 2.45) is 0 Å². The third-order valence-electron chi connectivity index (χ3n) is 10.4. The van der Waals surface area contributed by atoms with Gasteiger partial charge in [-0.1, -0.05) is 133 Å². The first-order chi connectivity index (χ1) is 26.2. The zero-order valence-corrected chi connectivity index (χ0v) is 28.5. The quantitative estimate of drug-likeness (QED) is 0.174. The van der Waals surface area contributed by atoms with Crippen LogP contribution in [0.4, 0.5) is 0 Å². The van der Waals surface area contributed by atoms with Crippen molar-refractivity contribution >= 4 is 65.0 Å². The SMILES string of the molecule is c1ccc(-c2cc(-c3nc(-c4ccc5cc6oc7ccccc7c6cc5c4)nc(-c4ccc5c(ccc6ccccc65)c4)n3)cc3ccccc23)cc1. The summed E-state index contributed by atoms with van der Waals surface area (Å²) in [5, 5.41) is 11.5. The molecule has 0 unspecified atom stereocenters. The molecule has 2 heterocycles. The molecule has 4 nitrogen and oxygen atoms in total. The van der Waals surface area contributed by atoms with Crippen LogP contribution in [0.5, 0.6) is 0 Å². The highest BCUT2D eigenvalue weighted by Gasteiger charge is 2.17. The van der Waals surface area contributed by atoms with Gasteiger partial charge < -0.3 is 4.42 Å². The fraction of sp³-hybridized carbons (Fsp3) is 0. The molecule has 9 aromatic carbocycles. The molecular weight excluding hydrogens is 647 g/mol. The molecule has 0 aliphatic heterocycles. The lowest BCUT2D eigenvalue weighted by Crippen LogP contribution is -2.00. The first kappa shape index (κ1) is 29.5. The standard InChI is InChI=1S/C49H29N3O/c1-2-10-30(11-3-1)43-28-38(25-33-13-5-7-15-40(33)43)49-51-47(35-21-19-32-29-46-44(27-37(32)26-35)42-16-8-9-17-45(42)53-46)50-48(52-49)36-22-23-41-34(24-36)20-18-31-12-4-6-14-39(31)41/h1-29H.